The molecule has 0 unspecified atom stereocenters. The highest BCUT2D eigenvalue weighted by Crippen LogP contribution is 2.21. The Kier molecular flexibility index (Phi) is 8.09. The Labute approximate surface area is 185 Å². The molecule has 1 saturated carbocycles. The lowest BCUT2D eigenvalue weighted by atomic mass is 9.98. The summed E-state index contributed by atoms with van der Waals surface area (Å²) >= 11 is 0. The van der Waals surface area contributed by atoms with Gasteiger partial charge in [-0.1, -0.05) is 43.0 Å². The van der Waals surface area contributed by atoms with Gasteiger partial charge < -0.3 is 10.1 Å². The minimum atomic E-state index is -3.79. The molecule has 6 nitrogen and oxygen atoms in total. The van der Waals surface area contributed by atoms with Gasteiger partial charge in [0.15, 0.2) is 0 Å². The average molecular weight is 445 g/mol. The van der Waals surface area contributed by atoms with E-state index in [1.54, 1.807) is 25.1 Å². The largest absolute Gasteiger partial charge is 0.378 e. The maximum Gasteiger partial charge on any atom is 0.261 e. The van der Waals surface area contributed by atoms with Crippen molar-refractivity contribution < 1.29 is 17.9 Å². The van der Waals surface area contributed by atoms with E-state index in [0.29, 0.717) is 30.5 Å². The number of carbonyl (C=O) groups is 1. The van der Waals surface area contributed by atoms with E-state index in [1.807, 2.05) is 19.1 Å². The van der Waals surface area contributed by atoms with Gasteiger partial charge in [0, 0.05) is 24.4 Å². The minimum Gasteiger partial charge on any atom is -0.378 e. The molecule has 31 heavy (non-hydrogen) atoms. The fraction of sp³-hybridized carbons (Fsp3) is 0.458. The zero-order valence-corrected chi connectivity index (χ0v) is 19.1. The molecule has 1 aliphatic rings. The van der Waals surface area contributed by atoms with Crippen LogP contribution in [0.3, 0.4) is 0 Å². The molecule has 7 heteroatoms. The topological polar surface area (TPSA) is 84.5 Å². The summed E-state index contributed by atoms with van der Waals surface area (Å²) in [7, 11) is -3.79. The van der Waals surface area contributed by atoms with Crippen LogP contribution in [0.1, 0.15) is 60.0 Å². The lowest BCUT2D eigenvalue weighted by Crippen LogP contribution is -2.27. The molecule has 1 fully saturated rings. The van der Waals surface area contributed by atoms with E-state index in [0.717, 1.165) is 30.4 Å². The van der Waals surface area contributed by atoms with Crippen molar-refractivity contribution in [3.8, 4) is 0 Å². The molecule has 0 radical (unpaired) electrons. The first-order chi connectivity index (χ1) is 14.8. The standard InChI is InChI=1S/C24H32N2O4S/c1-18-9-12-20(13-10-18)26-31(28,29)22-14-11-19(2)23(17-22)24(27)25-15-6-16-30-21-7-4-3-5-8-21/h9-14,17,21,26H,3-8,15-16H2,1-2H3,(H,25,27). The van der Waals surface area contributed by atoms with E-state index in [9.17, 15) is 13.2 Å². The van der Waals surface area contributed by atoms with Gasteiger partial charge in [-0.15, -0.1) is 0 Å². The first-order valence-electron chi connectivity index (χ1n) is 10.9. The lowest BCUT2D eigenvalue weighted by molar-refractivity contribution is 0.0273. The second-order valence-electron chi connectivity index (χ2n) is 8.19. The summed E-state index contributed by atoms with van der Waals surface area (Å²) < 4.78 is 34.0. The Morgan fingerprint density at radius 1 is 1.03 bits per heavy atom. The van der Waals surface area contributed by atoms with Gasteiger partial charge in [-0.25, -0.2) is 8.42 Å². The van der Waals surface area contributed by atoms with Crippen molar-refractivity contribution in [1.82, 2.24) is 5.32 Å². The highest BCUT2D eigenvalue weighted by Gasteiger charge is 2.18. The molecule has 2 aromatic rings. The number of rotatable bonds is 9. The number of hydrogen-bond acceptors (Lipinski definition) is 4. The van der Waals surface area contributed by atoms with Crippen LogP contribution in [0.25, 0.3) is 0 Å². The maximum atomic E-state index is 12.8. The van der Waals surface area contributed by atoms with Crippen LogP contribution in [0.2, 0.25) is 0 Å². The van der Waals surface area contributed by atoms with Gasteiger partial charge in [0.1, 0.15) is 0 Å². The van der Waals surface area contributed by atoms with Crippen molar-refractivity contribution in [1.29, 1.82) is 0 Å². The number of sulfonamides is 1. The van der Waals surface area contributed by atoms with Gasteiger partial charge in [-0.3, -0.25) is 9.52 Å². The molecule has 3 rings (SSSR count). The number of hydrogen-bond donors (Lipinski definition) is 2. The third kappa shape index (κ3) is 6.80. The Morgan fingerprint density at radius 2 is 1.74 bits per heavy atom. The van der Waals surface area contributed by atoms with Crippen LogP contribution < -0.4 is 10.0 Å². The van der Waals surface area contributed by atoms with Gasteiger partial charge in [-0.05, 0) is 62.9 Å². The highest BCUT2D eigenvalue weighted by molar-refractivity contribution is 7.92. The van der Waals surface area contributed by atoms with Gasteiger partial charge >= 0.3 is 0 Å². The molecule has 0 bridgehead atoms. The summed E-state index contributed by atoms with van der Waals surface area (Å²) in [5.41, 5.74) is 2.61. The maximum absolute atomic E-state index is 12.8. The van der Waals surface area contributed by atoms with Crippen LogP contribution in [-0.2, 0) is 14.8 Å². The molecule has 0 aliphatic heterocycles. The van der Waals surface area contributed by atoms with Crippen LogP contribution in [-0.4, -0.2) is 33.6 Å². The van der Waals surface area contributed by atoms with Crippen LogP contribution in [0.15, 0.2) is 47.4 Å². The van der Waals surface area contributed by atoms with Crippen molar-refractivity contribution in [3.05, 3.63) is 59.2 Å². The Balaban J connectivity index is 1.56. The number of carbonyl (C=O) groups excluding carboxylic acids is 1. The molecule has 1 aliphatic carbocycles. The van der Waals surface area contributed by atoms with Crippen LogP contribution in [0, 0.1) is 13.8 Å². The Bertz CT molecular complexity index is 981. The molecule has 0 spiro atoms. The first-order valence-corrected chi connectivity index (χ1v) is 12.4. The Hall–Kier alpha value is -2.38. The number of aryl methyl sites for hydroxylation is 2. The summed E-state index contributed by atoms with van der Waals surface area (Å²) in [4.78, 5) is 12.7. The predicted molar refractivity (Wildman–Crippen MR) is 123 cm³/mol. The monoisotopic (exact) mass is 444 g/mol. The lowest BCUT2D eigenvalue weighted by Gasteiger charge is -2.21. The van der Waals surface area contributed by atoms with Crippen LogP contribution in [0.4, 0.5) is 5.69 Å². The average Bonchev–Trinajstić information content (AvgIpc) is 2.75. The van der Waals surface area contributed by atoms with Gasteiger partial charge in [0.2, 0.25) is 0 Å². The third-order valence-corrected chi connectivity index (χ3v) is 6.96. The van der Waals surface area contributed by atoms with Gasteiger partial charge in [0.25, 0.3) is 15.9 Å². The van der Waals surface area contributed by atoms with E-state index in [2.05, 4.69) is 10.0 Å². The zero-order valence-electron chi connectivity index (χ0n) is 18.3. The summed E-state index contributed by atoms with van der Waals surface area (Å²) in [6.45, 7) is 4.85. The van der Waals surface area contributed by atoms with E-state index in [4.69, 9.17) is 4.74 Å². The quantitative estimate of drug-likeness (QED) is 0.555. The number of benzene rings is 2. The van der Waals surface area contributed by atoms with E-state index in [-0.39, 0.29) is 10.8 Å². The summed E-state index contributed by atoms with van der Waals surface area (Å²) in [5.74, 6) is -0.275. The van der Waals surface area contributed by atoms with E-state index < -0.39 is 10.0 Å². The smallest absolute Gasteiger partial charge is 0.261 e. The van der Waals surface area contributed by atoms with E-state index in [1.165, 1.54) is 31.4 Å². The molecule has 1 amide bonds. The minimum absolute atomic E-state index is 0.0597. The summed E-state index contributed by atoms with van der Waals surface area (Å²) in [6, 6.07) is 11.7. The van der Waals surface area contributed by atoms with Crippen LogP contribution in [0.5, 0.6) is 0 Å². The Morgan fingerprint density at radius 3 is 2.45 bits per heavy atom. The number of ether oxygens (including phenoxy) is 1. The summed E-state index contributed by atoms with van der Waals surface area (Å²) in [6.07, 6.45) is 7.11. The molecule has 0 aromatic heterocycles. The molecular formula is C24H32N2O4S. The first kappa shape index (κ1) is 23.3. The molecule has 0 heterocycles. The number of nitrogens with one attached hydrogen (secondary N) is 2. The van der Waals surface area contributed by atoms with Crippen molar-refractivity contribution in [2.24, 2.45) is 0 Å². The highest BCUT2D eigenvalue weighted by atomic mass is 32.2. The molecule has 0 saturated heterocycles. The molecular weight excluding hydrogens is 412 g/mol. The fourth-order valence-electron chi connectivity index (χ4n) is 3.70. The predicted octanol–water partition coefficient (Wildman–Crippen LogP) is 4.57. The fourth-order valence-corrected chi connectivity index (χ4v) is 4.78. The normalized spacial score (nSPS) is 14.9. The zero-order chi connectivity index (χ0) is 22.3. The van der Waals surface area contributed by atoms with Gasteiger partial charge in [0.05, 0.1) is 11.0 Å². The molecule has 2 aromatic carbocycles. The molecule has 168 valence electrons. The van der Waals surface area contributed by atoms with Crippen molar-refractivity contribution >= 4 is 21.6 Å². The SMILES string of the molecule is Cc1ccc(NS(=O)(=O)c2ccc(C)c(C(=O)NCCCOC3CCCCC3)c2)cc1. The van der Waals surface area contributed by atoms with Crippen molar-refractivity contribution in [2.45, 2.75) is 63.4 Å². The second kappa shape index (κ2) is 10.8. The van der Waals surface area contributed by atoms with Crippen molar-refractivity contribution in [2.75, 3.05) is 17.9 Å². The number of anilines is 1. The summed E-state index contributed by atoms with van der Waals surface area (Å²) in [5, 5.41) is 2.88. The van der Waals surface area contributed by atoms with Crippen LogP contribution >= 0.6 is 0 Å². The van der Waals surface area contributed by atoms with E-state index >= 15 is 0 Å². The van der Waals surface area contributed by atoms with Crippen molar-refractivity contribution in [3.63, 3.8) is 0 Å². The molecule has 2 N–H and O–H groups in total. The third-order valence-electron chi connectivity index (χ3n) is 5.58. The van der Waals surface area contributed by atoms with Gasteiger partial charge in [-0.2, -0.15) is 0 Å². The molecule has 0 atom stereocenters. The number of amides is 1. The second-order valence-corrected chi connectivity index (χ2v) is 9.87.